The standard InChI is InChI=1S/C12H16N2S/c1-7(2)13-12-14-10-6-8(3)5-9(4)11(10)15-12/h5-7H,1-4H3,(H,13,14). The van der Waals surface area contributed by atoms with Gasteiger partial charge in [-0.1, -0.05) is 17.4 Å². The molecule has 80 valence electrons. The number of nitrogens with one attached hydrogen (secondary N) is 1. The molecule has 1 heterocycles. The Morgan fingerprint density at radius 3 is 2.67 bits per heavy atom. The number of benzene rings is 1. The van der Waals surface area contributed by atoms with Crippen LogP contribution in [0.4, 0.5) is 5.13 Å². The highest BCUT2D eigenvalue weighted by molar-refractivity contribution is 7.22. The number of hydrogen-bond donors (Lipinski definition) is 1. The first-order chi connectivity index (χ1) is 7.06. The first kappa shape index (κ1) is 10.4. The van der Waals surface area contributed by atoms with Gasteiger partial charge in [0.05, 0.1) is 10.2 Å². The fourth-order valence-electron chi connectivity index (χ4n) is 1.69. The lowest BCUT2D eigenvalue weighted by atomic mass is 10.1. The summed E-state index contributed by atoms with van der Waals surface area (Å²) in [6, 6.07) is 4.79. The molecule has 0 saturated heterocycles. The lowest BCUT2D eigenvalue weighted by molar-refractivity contribution is 0.897. The largest absolute Gasteiger partial charge is 0.359 e. The molecule has 1 aromatic carbocycles. The molecule has 0 unspecified atom stereocenters. The third-order valence-electron chi connectivity index (χ3n) is 2.23. The number of aromatic nitrogens is 1. The zero-order valence-electron chi connectivity index (χ0n) is 9.59. The van der Waals surface area contributed by atoms with Crippen LogP contribution in [0.15, 0.2) is 12.1 Å². The Kier molecular flexibility index (Phi) is 2.65. The highest BCUT2D eigenvalue weighted by atomic mass is 32.1. The molecule has 1 N–H and O–H groups in total. The van der Waals surface area contributed by atoms with Gasteiger partial charge < -0.3 is 5.32 Å². The Balaban J connectivity index is 2.50. The molecular formula is C12H16N2S. The van der Waals surface area contributed by atoms with Crippen LogP contribution in [-0.4, -0.2) is 11.0 Å². The van der Waals surface area contributed by atoms with Crippen molar-refractivity contribution in [1.29, 1.82) is 0 Å². The number of fused-ring (bicyclic) bond motifs is 1. The Bertz CT molecular complexity index is 486. The number of aryl methyl sites for hydroxylation is 2. The van der Waals surface area contributed by atoms with E-state index in [1.165, 1.54) is 15.8 Å². The third kappa shape index (κ3) is 2.12. The van der Waals surface area contributed by atoms with E-state index in [1.54, 1.807) is 11.3 Å². The van der Waals surface area contributed by atoms with Crippen molar-refractivity contribution >= 4 is 26.7 Å². The Morgan fingerprint density at radius 2 is 2.00 bits per heavy atom. The molecule has 15 heavy (non-hydrogen) atoms. The summed E-state index contributed by atoms with van der Waals surface area (Å²) >= 11 is 1.74. The van der Waals surface area contributed by atoms with Crippen molar-refractivity contribution in [2.45, 2.75) is 33.7 Å². The lowest BCUT2D eigenvalue weighted by Gasteiger charge is -2.03. The average Bonchev–Trinajstić information content (AvgIpc) is 2.45. The molecule has 0 spiro atoms. The minimum atomic E-state index is 0.437. The van der Waals surface area contributed by atoms with E-state index in [0.717, 1.165) is 10.6 Å². The molecule has 2 nitrogen and oxygen atoms in total. The molecule has 0 aliphatic carbocycles. The van der Waals surface area contributed by atoms with Gasteiger partial charge in [-0.25, -0.2) is 4.98 Å². The molecule has 3 heteroatoms. The Hall–Kier alpha value is -1.09. The molecule has 0 bridgehead atoms. The van der Waals surface area contributed by atoms with Crippen molar-refractivity contribution in [2.24, 2.45) is 0 Å². The number of nitrogens with zero attached hydrogens (tertiary/aromatic N) is 1. The van der Waals surface area contributed by atoms with Gasteiger partial charge in [0.15, 0.2) is 5.13 Å². The fraction of sp³-hybridized carbons (Fsp3) is 0.417. The summed E-state index contributed by atoms with van der Waals surface area (Å²) in [6.07, 6.45) is 0. The summed E-state index contributed by atoms with van der Waals surface area (Å²) < 4.78 is 1.30. The van der Waals surface area contributed by atoms with Gasteiger partial charge in [0, 0.05) is 6.04 Å². The van der Waals surface area contributed by atoms with Gasteiger partial charge in [-0.05, 0) is 44.9 Å². The van der Waals surface area contributed by atoms with E-state index in [9.17, 15) is 0 Å². The van der Waals surface area contributed by atoms with Crippen molar-refractivity contribution in [2.75, 3.05) is 5.32 Å². The molecule has 0 radical (unpaired) electrons. The van der Waals surface area contributed by atoms with Crippen LogP contribution in [0, 0.1) is 13.8 Å². The summed E-state index contributed by atoms with van der Waals surface area (Å²) in [5.74, 6) is 0. The molecule has 0 saturated carbocycles. The van der Waals surface area contributed by atoms with Crippen molar-refractivity contribution < 1.29 is 0 Å². The van der Waals surface area contributed by atoms with Crippen molar-refractivity contribution in [3.63, 3.8) is 0 Å². The maximum Gasteiger partial charge on any atom is 0.183 e. The highest BCUT2D eigenvalue weighted by Crippen LogP contribution is 2.29. The number of anilines is 1. The first-order valence-corrected chi connectivity index (χ1v) is 6.02. The summed E-state index contributed by atoms with van der Waals surface area (Å²) in [5, 5.41) is 4.37. The predicted molar refractivity (Wildman–Crippen MR) is 67.9 cm³/mol. The molecule has 2 aromatic rings. The van der Waals surface area contributed by atoms with Crippen LogP contribution in [-0.2, 0) is 0 Å². The van der Waals surface area contributed by atoms with Crippen LogP contribution in [0.1, 0.15) is 25.0 Å². The number of hydrogen-bond acceptors (Lipinski definition) is 3. The van der Waals surface area contributed by atoms with E-state index in [4.69, 9.17) is 0 Å². The third-order valence-corrected chi connectivity index (χ3v) is 3.37. The highest BCUT2D eigenvalue weighted by Gasteiger charge is 2.07. The van der Waals surface area contributed by atoms with E-state index in [-0.39, 0.29) is 0 Å². The van der Waals surface area contributed by atoms with Crippen LogP contribution in [0.3, 0.4) is 0 Å². The van der Waals surface area contributed by atoms with Crippen LogP contribution in [0.5, 0.6) is 0 Å². The Labute approximate surface area is 94.3 Å². The van der Waals surface area contributed by atoms with Crippen LogP contribution in [0.25, 0.3) is 10.2 Å². The van der Waals surface area contributed by atoms with E-state index < -0.39 is 0 Å². The molecular weight excluding hydrogens is 204 g/mol. The van der Waals surface area contributed by atoms with E-state index >= 15 is 0 Å². The molecule has 0 amide bonds. The molecule has 1 aromatic heterocycles. The SMILES string of the molecule is Cc1cc(C)c2sc(NC(C)C)nc2c1. The van der Waals surface area contributed by atoms with Crippen LogP contribution < -0.4 is 5.32 Å². The van der Waals surface area contributed by atoms with Crippen LogP contribution in [0.2, 0.25) is 0 Å². The number of rotatable bonds is 2. The monoisotopic (exact) mass is 220 g/mol. The smallest absolute Gasteiger partial charge is 0.183 e. The van der Waals surface area contributed by atoms with E-state index in [1.807, 2.05) is 0 Å². The first-order valence-electron chi connectivity index (χ1n) is 5.20. The topological polar surface area (TPSA) is 24.9 Å². The van der Waals surface area contributed by atoms with Gasteiger partial charge in [0.25, 0.3) is 0 Å². The second kappa shape index (κ2) is 3.81. The number of thiazole rings is 1. The minimum absolute atomic E-state index is 0.437. The van der Waals surface area contributed by atoms with Crippen molar-refractivity contribution in [3.8, 4) is 0 Å². The molecule has 2 rings (SSSR count). The summed E-state index contributed by atoms with van der Waals surface area (Å²) in [5.41, 5.74) is 3.71. The van der Waals surface area contributed by atoms with Gasteiger partial charge in [-0.2, -0.15) is 0 Å². The van der Waals surface area contributed by atoms with Gasteiger partial charge in [0.2, 0.25) is 0 Å². The predicted octanol–water partition coefficient (Wildman–Crippen LogP) is 3.73. The zero-order chi connectivity index (χ0) is 11.0. The van der Waals surface area contributed by atoms with Gasteiger partial charge in [0.1, 0.15) is 0 Å². The van der Waals surface area contributed by atoms with Gasteiger partial charge in [-0.15, -0.1) is 0 Å². The summed E-state index contributed by atoms with van der Waals surface area (Å²) in [7, 11) is 0. The van der Waals surface area contributed by atoms with Crippen LogP contribution >= 0.6 is 11.3 Å². The normalized spacial score (nSPS) is 11.3. The molecule has 0 aliphatic rings. The van der Waals surface area contributed by atoms with Gasteiger partial charge in [-0.3, -0.25) is 0 Å². The molecule has 0 atom stereocenters. The minimum Gasteiger partial charge on any atom is -0.359 e. The van der Waals surface area contributed by atoms with E-state index in [0.29, 0.717) is 6.04 Å². The maximum atomic E-state index is 4.58. The lowest BCUT2D eigenvalue weighted by Crippen LogP contribution is -2.08. The maximum absolute atomic E-state index is 4.58. The second-order valence-electron chi connectivity index (χ2n) is 4.25. The van der Waals surface area contributed by atoms with Crippen molar-refractivity contribution in [3.05, 3.63) is 23.3 Å². The van der Waals surface area contributed by atoms with Crippen molar-refractivity contribution in [1.82, 2.24) is 4.98 Å². The summed E-state index contributed by atoms with van der Waals surface area (Å²) in [6.45, 7) is 8.52. The fourth-order valence-corrected chi connectivity index (χ4v) is 2.75. The quantitative estimate of drug-likeness (QED) is 0.834. The summed E-state index contributed by atoms with van der Waals surface area (Å²) in [4.78, 5) is 4.58. The molecule has 0 fully saturated rings. The second-order valence-corrected chi connectivity index (χ2v) is 5.25. The van der Waals surface area contributed by atoms with Gasteiger partial charge >= 0.3 is 0 Å². The molecule has 0 aliphatic heterocycles. The van der Waals surface area contributed by atoms with E-state index in [2.05, 4.69) is 50.1 Å². The Morgan fingerprint density at radius 1 is 1.27 bits per heavy atom. The zero-order valence-corrected chi connectivity index (χ0v) is 10.4. The average molecular weight is 220 g/mol.